The van der Waals surface area contributed by atoms with Crippen LogP contribution in [0.4, 0.5) is 0 Å². The SMILES string of the molecule is CCC(C)(C)NC(=O)CN(CCOC)CC1CCCN1. The fourth-order valence-electron chi connectivity index (χ4n) is 2.39. The standard InChI is InChI=1S/C15H31N3O2/c1-5-15(2,3)17-14(19)12-18(9-10-20-4)11-13-7-6-8-16-13/h13,16H,5-12H2,1-4H3,(H,17,19). The highest BCUT2D eigenvalue weighted by Gasteiger charge is 2.22. The number of ether oxygens (including phenoxy) is 1. The lowest BCUT2D eigenvalue weighted by atomic mass is 10.0. The summed E-state index contributed by atoms with van der Waals surface area (Å²) in [6.45, 7) is 10.1. The summed E-state index contributed by atoms with van der Waals surface area (Å²) in [5, 5.41) is 6.58. The van der Waals surface area contributed by atoms with Crippen LogP contribution in [0, 0.1) is 0 Å². The molecule has 1 amide bonds. The van der Waals surface area contributed by atoms with Gasteiger partial charge in [-0.15, -0.1) is 0 Å². The van der Waals surface area contributed by atoms with Crippen molar-refractivity contribution in [1.29, 1.82) is 0 Å². The molecule has 2 N–H and O–H groups in total. The van der Waals surface area contributed by atoms with Crippen molar-refractivity contribution in [2.75, 3.05) is 39.9 Å². The van der Waals surface area contributed by atoms with Crippen LogP contribution in [0.1, 0.15) is 40.0 Å². The number of rotatable bonds is 9. The molecule has 0 aromatic carbocycles. The number of nitrogens with one attached hydrogen (secondary N) is 2. The molecule has 118 valence electrons. The first kappa shape index (κ1) is 17.4. The van der Waals surface area contributed by atoms with E-state index < -0.39 is 0 Å². The number of nitrogens with zero attached hydrogens (tertiary/aromatic N) is 1. The van der Waals surface area contributed by atoms with E-state index in [4.69, 9.17) is 4.74 Å². The van der Waals surface area contributed by atoms with Gasteiger partial charge in [0, 0.05) is 31.8 Å². The lowest BCUT2D eigenvalue weighted by molar-refractivity contribution is -0.124. The molecule has 0 spiro atoms. The van der Waals surface area contributed by atoms with E-state index in [1.807, 2.05) is 0 Å². The summed E-state index contributed by atoms with van der Waals surface area (Å²) in [7, 11) is 1.70. The van der Waals surface area contributed by atoms with Crippen LogP contribution < -0.4 is 10.6 Å². The summed E-state index contributed by atoms with van der Waals surface area (Å²) in [4.78, 5) is 14.3. The third-order valence-corrected chi connectivity index (χ3v) is 3.98. The van der Waals surface area contributed by atoms with Gasteiger partial charge < -0.3 is 15.4 Å². The van der Waals surface area contributed by atoms with Crippen molar-refractivity contribution in [3.05, 3.63) is 0 Å². The minimum absolute atomic E-state index is 0.103. The van der Waals surface area contributed by atoms with Gasteiger partial charge in [0.2, 0.25) is 5.91 Å². The van der Waals surface area contributed by atoms with E-state index in [1.54, 1.807) is 7.11 Å². The Labute approximate surface area is 123 Å². The van der Waals surface area contributed by atoms with E-state index in [0.717, 1.165) is 26.1 Å². The average Bonchev–Trinajstić information content (AvgIpc) is 2.88. The van der Waals surface area contributed by atoms with E-state index in [0.29, 0.717) is 19.2 Å². The molecule has 0 bridgehead atoms. The second-order valence-corrected chi connectivity index (χ2v) is 6.31. The predicted octanol–water partition coefficient (Wildman–Crippen LogP) is 0.992. The van der Waals surface area contributed by atoms with Crippen LogP contribution in [-0.2, 0) is 9.53 Å². The van der Waals surface area contributed by atoms with Crippen molar-refractivity contribution in [3.8, 4) is 0 Å². The Bertz CT molecular complexity index is 289. The van der Waals surface area contributed by atoms with Gasteiger partial charge in [-0.05, 0) is 39.7 Å². The molecule has 1 rings (SSSR count). The maximum absolute atomic E-state index is 12.2. The number of methoxy groups -OCH3 is 1. The summed E-state index contributed by atoms with van der Waals surface area (Å²) in [6, 6.07) is 0.513. The Balaban J connectivity index is 2.43. The number of carbonyl (C=O) groups excluding carboxylic acids is 1. The van der Waals surface area contributed by atoms with Gasteiger partial charge in [0.15, 0.2) is 0 Å². The maximum atomic E-state index is 12.2. The maximum Gasteiger partial charge on any atom is 0.234 e. The zero-order valence-corrected chi connectivity index (χ0v) is 13.5. The fraction of sp³-hybridized carbons (Fsp3) is 0.933. The van der Waals surface area contributed by atoms with Crippen LogP contribution in [0.2, 0.25) is 0 Å². The third-order valence-electron chi connectivity index (χ3n) is 3.98. The average molecular weight is 285 g/mol. The summed E-state index contributed by atoms with van der Waals surface area (Å²) in [5.41, 5.74) is -0.129. The monoisotopic (exact) mass is 285 g/mol. The second kappa shape index (κ2) is 8.60. The minimum atomic E-state index is -0.129. The van der Waals surface area contributed by atoms with Gasteiger partial charge in [-0.2, -0.15) is 0 Å². The minimum Gasteiger partial charge on any atom is -0.383 e. The molecule has 0 radical (unpaired) electrons. The van der Waals surface area contributed by atoms with Crippen molar-refractivity contribution in [1.82, 2.24) is 15.5 Å². The fourth-order valence-corrected chi connectivity index (χ4v) is 2.39. The highest BCUT2D eigenvalue weighted by Crippen LogP contribution is 2.09. The van der Waals surface area contributed by atoms with Gasteiger partial charge >= 0.3 is 0 Å². The van der Waals surface area contributed by atoms with E-state index >= 15 is 0 Å². The highest BCUT2D eigenvalue weighted by atomic mass is 16.5. The third kappa shape index (κ3) is 6.68. The molecule has 1 saturated heterocycles. The molecule has 5 nitrogen and oxygen atoms in total. The first-order valence-corrected chi connectivity index (χ1v) is 7.72. The van der Waals surface area contributed by atoms with Crippen LogP contribution in [0.3, 0.4) is 0 Å². The summed E-state index contributed by atoms with van der Waals surface area (Å²) < 4.78 is 5.15. The molecule has 1 unspecified atom stereocenters. The number of carbonyl (C=O) groups is 1. The van der Waals surface area contributed by atoms with Crippen molar-refractivity contribution in [3.63, 3.8) is 0 Å². The summed E-state index contributed by atoms with van der Waals surface area (Å²) >= 11 is 0. The molecule has 1 fully saturated rings. The van der Waals surface area contributed by atoms with Crippen molar-refractivity contribution < 1.29 is 9.53 Å². The Hall–Kier alpha value is -0.650. The zero-order valence-electron chi connectivity index (χ0n) is 13.5. The quantitative estimate of drug-likeness (QED) is 0.663. The number of hydrogen-bond acceptors (Lipinski definition) is 4. The van der Waals surface area contributed by atoms with Crippen LogP contribution >= 0.6 is 0 Å². The largest absolute Gasteiger partial charge is 0.383 e. The van der Waals surface area contributed by atoms with Gasteiger partial charge in [-0.25, -0.2) is 0 Å². The van der Waals surface area contributed by atoms with E-state index in [-0.39, 0.29) is 11.4 Å². The van der Waals surface area contributed by atoms with Gasteiger partial charge in [-0.3, -0.25) is 9.69 Å². The van der Waals surface area contributed by atoms with Crippen LogP contribution in [-0.4, -0.2) is 62.3 Å². The smallest absolute Gasteiger partial charge is 0.234 e. The molecule has 0 saturated carbocycles. The lowest BCUT2D eigenvalue weighted by Crippen LogP contribution is -2.49. The normalized spacial score (nSPS) is 19.6. The van der Waals surface area contributed by atoms with E-state index in [2.05, 4.69) is 36.3 Å². The first-order chi connectivity index (χ1) is 9.46. The van der Waals surface area contributed by atoms with Crippen LogP contribution in [0.25, 0.3) is 0 Å². The second-order valence-electron chi connectivity index (χ2n) is 6.31. The van der Waals surface area contributed by atoms with Gasteiger partial charge in [0.1, 0.15) is 0 Å². The van der Waals surface area contributed by atoms with Crippen molar-refractivity contribution >= 4 is 5.91 Å². The highest BCUT2D eigenvalue weighted by molar-refractivity contribution is 5.78. The molecule has 1 atom stereocenters. The molecule has 5 heteroatoms. The van der Waals surface area contributed by atoms with Gasteiger partial charge in [0.25, 0.3) is 0 Å². The summed E-state index contributed by atoms with van der Waals surface area (Å²) in [6.07, 6.45) is 3.37. The molecule has 0 aliphatic carbocycles. The summed E-state index contributed by atoms with van der Waals surface area (Å²) in [5.74, 6) is 0.103. The Kier molecular flexibility index (Phi) is 7.48. The van der Waals surface area contributed by atoms with E-state index in [9.17, 15) is 4.79 Å². The van der Waals surface area contributed by atoms with Crippen LogP contribution in [0.5, 0.6) is 0 Å². The lowest BCUT2D eigenvalue weighted by Gasteiger charge is -2.29. The molecule has 0 aromatic heterocycles. The van der Waals surface area contributed by atoms with Gasteiger partial charge in [0.05, 0.1) is 13.2 Å². The Morgan fingerprint density at radius 3 is 2.80 bits per heavy atom. The first-order valence-electron chi connectivity index (χ1n) is 7.72. The van der Waals surface area contributed by atoms with Crippen molar-refractivity contribution in [2.24, 2.45) is 0 Å². The predicted molar refractivity (Wildman–Crippen MR) is 81.9 cm³/mol. The molecular weight excluding hydrogens is 254 g/mol. The zero-order chi connectivity index (χ0) is 15.0. The molecule has 1 heterocycles. The topological polar surface area (TPSA) is 53.6 Å². The Morgan fingerprint density at radius 1 is 1.50 bits per heavy atom. The molecule has 1 aliphatic rings. The van der Waals surface area contributed by atoms with Gasteiger partial charge in [-0.1, -0.05) is 6.92 Å². The number of hydrogen-bond donors (Lipinski definition) is 2. The van der Waals surface area contributed by atoms with Crippen LogP contribution in [0.15, 0.2) is 0 Å². The molecule has 0 aromatic rings. The van der Waals surface area contributed by atoms with Crippen molar-refractivity contribution in [2.45, 2.75) is 51.6 Å². The number of amides is 1. The van der Waals surface area contributed by atoms with E-state index in [1.165, 1.54) is 12.8 Å². The molecular formula is C15H31N3O2. The molecule has 1 aliphatic heterocycles. The molecule has 20 heavy (non-hydrogen) atoms. The Morgan fingerprint density at radius 2 is 2.25 bits per heavy atom.